The van der Waals surface area contributed by atoms with Crippen molar-refractivity contribution in [1.82, 2.24) is 0 Å². The fraction of sp³-hybridized carbons (Fsp3) is 0.429. The molecule has 22 heavy (non-hydrogen) atoms. The second-order valence-corrected chi connectivity index (χ2v) is 9.18. The minimum atomic E-state index is -0.225. The maximum atomic E-state index is 2.46. The smallest absolute Gasteiger partial charge is 0.0126 e. The van der Waals surface area contributed by atoms with Gasteiger partial charge < -0.3 is 0 Å². The molecule has 0 spiro atoms. The molecule has 2 atom stereocenters. The number of rotatable bonds is 3. The maximum Gasteiger partial charge on any atom is -0.0126 e. The Balaban J connectivity index is 1.93. The molecule has 0 N–H and O–H groups in total. The van der Waals surface area contributed by atoms with E-state index >= 15 is 0 Å². The molecule has 2 aromatic carbocycles. The highest BCUT2D eigenvalue weighted by Gasteiger charge is 2.26. The molecule has 3 rings (SSSR count). The molecule has 0 aromatic heterocycles. The van der Waals surface area contributed by atoms with E-state index in [4.69, 9.17) is 0 Å². The molecule has 116 valence electrons. The summed E-state index contributed by atoms with van der Waals surface area (Å²) in [6.07, 6.45) is 8.49. The predicted molar refractivity (Wildman–Crippen MR) is 99.7 cm³/mol. The van der Waals surface area contributed by atoms with Gasteiger partial charge in [-0.1, -0.05) is 93.3 Å². The van der Waals surface area contributed by atoms with Crippen LogP contribution in [0.1, 0.15) is 45.4 Å². The van der Waals surface area contributed by atoms with Gasteiger partial charge in [-0.25, -0.2) is 0 Å². The SMILES string of the molecule is C[C@@H]1CCCCCC(P(c2ccccc2)c2ccccc2)C1. The van der Waals surface area contributed by atoms with Crippen LogP contribution in [0.2, 0.25) is 0 Å². The topological polar surface area (TPSA) is 0 Å². The van der Waals surface area contributed by atoms with Crippen LogP contribution in [0.3, 0.4) is 0 Å². The highest BCUT2D eigenvalue weighted by atomic mass is 31.1. The summed E-state index contributed by atoms with van der Waals surface area (Å²) in [6.45, 7) is 2.46. The fourth-order valence-corrected chi connectivity index (χ4v) is 6.87. The average Bonchev–Trinajstić information content (AvgIpc) is 2.54. The van der Waals surface area contributed by atoms with E-state index in [-0.39, 0.29) is 7.92 Å². The Morgan fingerprint density at radius 1 is 0.727 bits per heavy atom. The molecular weight excluding hydrogens is 283 g/mol. The third-order valence-corrected chi connectivity index (χ3v) is 7.75. The zero-order chi connectivity index (χ0) is 15.2. The highest BCUT2D eigenvalue weighted by molar-refractivity contribution is 7.73. The van der Waals surface area contributed by atoms with Crippen LogP contribution in [-0.4, -0.2) is 5.66 Å². The zero-order valence-electron chi connectivity index (χ0n) is 13.6. The Morgan fingerprint density at radius 3 is 1.86 bits per heavy atom. The lowest BCUT2D eigenvalue weighted by Crippen LogP contribution is -2.24. The molecule has 1 aliphatic rings. The van der Waals surface area contributed by atoms with Crippen LogP contribution in [-0.2, 0) is 0 Å². The standard InChI is InChI=1S/C21H27P/c1-18-11-5-2-10-16-21(17-18)22(19-12-6-3-7-13-19)20-14-8-4-9-15-20/h3-4,6-9,12-15,18,21H,2,5,10-11,16-17H2,1H3/t18-,21?/m1/s1. The van der Waals surface area contributed by atoms with Crippen LogP contribution in [0.15, 0.2) is 60.7 Å². The molecule has 0 nitrogen and oxygen atoms in total. The predicted octanol–water partition coefficient (Wildman–Crippen LogP) is 5.48. The molecule has 1 aliphatic carbocycles. The Kier molecular flexibility index (Phi) is 5.68. The van der Waals surface area contributed by atoms with Crippen LogP contribution in [0.5, 0.6) is 0 Å². The van der Waals surface area contributed by atoms with E-state index < -0.39 is 0 Å². The lowest BCUT2D eigenvalue weighted by atomic mass is 9.92. The molecule has 1 fully saturated rings. The van der Waals surface area contributed by atoms with Gasteiger partial charge in [0.15, 0.2) is 0 Å². The third-order valence-electron chi connectivity index (χ3n) is 4.84. The van der Waals surface area contributed by atoms with E-state index in [2.05, 4.69) is 67.6 Å². The monoisotopic (exact) mass is 310 g/mol. The van der Waals surface area contributed by atoms with Gasteiger partial charge in [0, 0.05) is 0 Å². The Labute approximate surface area is 136 Å². The molecule has 0 aliphatic heterocycles. The molecule has 0 saturated heterocycles. The summed E-state index contributed by atoms with van der Waals surface area (Å²) in [5.41, 5.74) is 0.843. The average molecular weight is 310 g/mol. The second kappa shape index (κ2) is 7.93. The summed E-state index contributed by atoms with van der Waals surface area (Å²) < 4.78 is 0. The van der Waals surface area contributed by atoms with Crippen molar-refractivity contribution in [2.45, 2.75) is 51.1 Å². The molecule has 0 amide bonds. The summed E-state index contributed by atoms with van der Waals surface area (Å²) in [6, 6.07) is 22.5. The van der Waals surface area contributed by atoms with Crippen molar-refractivity contribution in [3.63, 3.8) is 0 Å². The molecule has 0 radical (unpaired) electrons. The molecular formula is C21H27P. The van der Waals surface area contributed by atoms with Crippen LogP contribution in [0, 0.1) is 5.92 Å². The normalized spacial score (nSPS) is 23.0. The summed E-state index contributed by atoms with van der Waals surface area (Å²) in [5.74, 6) is 0.878. The van der Waals surface area contributed by atoms with Gasteiger partial charge in [0.1, 0.15) is 0 Å². The number of benzene rings is 2. The van der Waals surface area contributed by atoms with Gasteiger partial charge in [-0.3, -0.25) is 0 Å². The van der Waals surface area contributed by atoms with E-state index in [9.17, 15) is 0 Å². The van der Waals surface area contributed by atoms with Gasteiger partial charge in [0.05, 0.1) is 0 Å². The van der Waals surface area contributed by atoms with Gasteiger partial charge in [0.2, 0.25) is 0 Å². The van der Waals surface area contributed by atoms with Crippen LogP contribution in [0.4, 0.5) is 0 Å². The van der Waals surface area contributed by atoms with Gasteiger partial charge in [-0.05, 0) is 42.9 Å². The van der Waals surface area contributed by atoms with Crippen molar-refractivity contribution in [3.8, 4) is 0 Å². The van der Waals surface area contributed by atoms with Gasteiger partial charge >= 0.3 is 0 Å². The third kappa shape index (κ3) is 3.99. The zero-order valence-corrected chi connectivity index (χ0v) is 14.5. The van der Waals surface area contributed by atoms with Crippen molar-refractivity contribution < 1.29 is 0 Å². The number of hydrogen-bond acceptors (Lipinski definition) is 0. The summed E-state index contributed by atoms with van der Waals surface area (Å²) in [5, 5.41) is 3.11. The van der Waals surface area contributed by atoms with Crippen LogP contribution >= 0.6 is 7.92 Å². The van der Waals surface area contributed by atoms with Crippen LogP contribution in [0.25, 0.3) is 0 Å². The minimum Gasteiger partial charge on any atom is -0.0625 e. The minimum absolute atomic E-state index is 0.225. The summed E-state index contributed by atoms with van der Waals surface area (Å²) in [4.78, 5) is 0. The first-order chi connectivity index (χ1) is 10.8. The molecule has 0 heterocycles. The summed E-state index contributed by atoms with van der Waals surface area (Å²) in [7, 11) is -0.225. The Morgan fingerprint density at radius 2 is 1.27 bits per heavy atom. The van der Waals surface area contributed by atoms with Gasteiger partial charge in [-0.2, -0.15) is 0 Å². The van der Waals surface area contributed by atoms with E-state index in [1.807, 2.05) is 0 Å². The lowest BCUT2D eigenvalue weighted by Gasteiger charge is -2.32. The Bertz CT molecular complexity index is 509. The van der Waals surface area contributed by atoms with E-state index in [1.165, 1.54) is 38.5 Å². The molecule has 1 unspecified atom stereocenters. The molecule has 1 heteroatoms. The largest absolute Gasteiger partial charge is 0.0625 e. The van der Waals surface area contributed by atoms with Crippen molar-refractivity contribution in [2.24, 2.45) is 5.92 Å². The molecule has 0 bridgehead atoms. The fourth-order valence-electron chi connectivity index (χ4n) is 3.73. The number of hydrogen-bond donors (Lipinski definition) is 0. The van der Waals surface area contributed by atoms with Crippen molar-refractivity contribution in [3.05, 3.63) is 60.7 Å². The lowest BCUT2D eigenvalue weighted by molar-refractivity contribution is 0.409. The van der Waals surface area contributed by atoms with Crippen LogP contribution < -0.4 is 10.6 Å². The molecule has 2 aromatic rings. The molecule has 1 saturated carbocycles. The van der Waals surface area contributed by atoms with E-state index in [0.717, 1.165) is 11.6 Å². The first kappa shape index (κ1) is 15.8. The first-order valence-electron chi connectivity index (χ1n) is 8.74. The van der Waals surface area contributed by atoms with Gasteiger partial charge in [0.25, 0.3) is 0 Å². The summed E-state index contributed by atoms with van der Waals surface area (Å²) >= 11 is 0. The van der Waals surface area contributed by atoms with E-state index in [1.54, 1.807) is 10.6 Å². The first-order valence-corrected chi connectivity index (χ1v) is 10.1. The maximum absolute atomic E-state index is 2.46. The Hall–Kier alpha value is -1.13. The van der Waals surface area contributed by atoms with Crippen molar-refractivity contribution >= 4 is 18.5 Å². The highest BCUT2D eigenvalue weighted by Crippen LogP contribution is 2.46. The second-order valence-electron chi connectivity index (χ2n) is 6.67. The van der Waals surface area contributed by atoms with Gasteiger partial charge in [-0.15, -0.1) is 0 Å². The van der Waals surface area contributed by atoms with Crippen molar-refractivity contribution in [1.29, 1.82) is 0 Å². The van der Waals surface area contributed by atoms with E-state index in [0.29, 0.717) is 0 Å². The quantitative estimate of drug-likeness (QED) is 0.659. The van der Waals surface area contributed by atoms with Crippen molar-refractivity contribution in [2.75, 3.05) is 0 Å².